The number of hydrogen-bond acceptors (Lipinski definition) is 6. The van der Waals surface area contributed by atoms with Crippen molar-refractivity contribution in [3.63, 3.8) is 0 Å². The summed E-state index contributed by atoms with van der Waals surface area (Å²) in [7, 11) is -1.59. The molecule has 0 saturated carbocycles. The van der Waals surface area contributed by atoms with E-state index in [2.05, 4.69) is 37.9 Å². The lowest BCUT2D eigenvalue weighted by Crippen LogP contribution is -2.44. The number of benzene rings is 1. The molecule has 8 nitrogen and oxygen atoms in total. The van der Waals surface area contributed by atoms with Crippen molar-refractivity contribution in [1.29, 1.82) is 0 Å². The zero-order valence-corrected chi connectivity index (χ0v) is 23.3. The van der Waals surface area contributed by atoms with Crippen molar-refractivity contribution in [3.05, 3.63) is 46.8 Å². The molecule has 1 heterocycles. The van der Waals surface area contributed by atoms with Crippen LogP contribution in [0.4, 0.5) is 0 Å². The van der Waals surface area contributed by atoms with Crippen LogP contribution in [0, 0.1) is 12.5 Å². The number of hydrogen-bond donors (Lipinski definition) is 3. The maximum Gasteiger partial charge on any atom is 0.455 e. The van der Waals surface area contributed by atoms with Gasteiger partial charge in [-0.3, -0.25) is 9.59 Å². The Kier molecular flexibility index (Phi) is 16.0. The summed E-state index contributed by atoms with van der Waals surface area (Å²) in [4.78, 5) is 29.9. The molecular weight excluding hydrogens is 469 g/mol. The third kappa shape index (κ3) is 12.7. The Morgan fingerprint density at radius 2 is 1.92 bits per heavy atom. The van der Waals surface area contributed by atoms with Gasteiger partial charge in [0, 0.05) is 18.8 Å². The molecule has 1 saturated heterocycles. The van der Waals surface area contributed by atoms with Gasteiger partial charge in [0.1, 0.15) is 0 Å². The second kappa shape index (κ2) is 18.1. The number of Topliss-reactive ketones (excluding diaryl/α,β-unsaturated/α-hetero) is 1. The van der Waals surface area contributed by atoms with Gasteiger partial charge in [-0.05, 0) is 49.3 Å². The van der Waals surface area contributed by atoms with Crippen molar-refractivity contribution in [2.75, 3.05) is 32.8 Å². The van der Waals surface area contributed by atoms with E-state index in [1.165, 1.54) is 5.56 Å². The first kappa shape index (κ1) is 32.8. The van der Waals surface area contributed by atoms with Crippen LogP contribution in [0.1, 0.15) is 65.0 Å². The van der Waals surface area contributed by atoms with Crippen LogP contribution in [0.5, 0.6) is 0 Å². The molecule has 9 heteroatoms. The molecule has 37 heavy (non-hydrogen) atoms. The van der Waals surface area contributed by atoms with E-state index < -0.39 is 19.0 Å². The number of nitrogens with zero attached hydrogens (tertiary/aromatic N) is 2. The molecule has 1 aromatic carbocycles. The number of nitrogens with one attached hydrogen (secondary N) is 1. The second-order valence-corrected chi connectivity index (χ2v) is 10.3. The summed E-state index contributed by atoms with van der Waals surface area (Å²) >= 11 is 0. The Morgan fingerprint density at radius 3 is 2.51 bits per heavy atom. The van der Waals surface area contributed by atoms with E-state index in [0.29, 0.717) is 26.1 Å². The van der Waals surface area contributed by atoms with Gasteiger partial charge in [0.2, 0.25) is 0 Å². The standard InChI is InChI=1S/C24H36BN3O5.C4H10/c1-4-18-8-6-9-19(12-18)13-20(25(31)32)14-23(29)22(27-5-2)17-33-16-21-10-7-11-28(21)24(30)15-26-3;1-4(2)3/h6,8-9,12,20-22,27,31-32H,4-5,7,10-11,13-17H2,1-2H3;4H,1-3H3/t20-,21-,22+;/m1./s1. The molecule has 1 aliphatic rings. The normalized spacial score (nSPS) is 16.5. The van der Waals surface area contributed by atoms with E-state index in [1.54, 1.807) is 4.90 Å². The SMILES string of the molecule is CC(C)C.[C-]#[N+]CC(=O)N1CCC[C@@H]1COC[C@H](NCC)C(=O)C[C@@H](Cc1cccc(CC)c1)B(O)O. The summed E-state index contributed by atoms with van der Waals surface area (Å²) in [5.74, 6) is -0.0846. The quantitative estimate of drug-likeness (QED) is 0.260. The lowest BCUT2D eigenvalue weighted by atomic mass is 9.66. The molecule has 3 atom stereocenters. The molecule has 0 bridgehead atoms. The van der Waals surface area contributed by atoms with Crippen LogP contribution in [0.25, 0.3) is 4.85 Å². The fraction of sp³-hybridized carbons (Fsp3) is 0.679. The fourth-order valence-electron chi connectivity index (χ4n) is 4.29. The van der Waals surface area contributed by atoms with Gasteiger partial charge in [0.15, 0.2) is 5.78 Å². The number of rotatable bonds is 14. The van der Waals surface area contributed by atoms with E-state index >= 15 is 0 Å². The molecule has 0 aromatic heterocycles. The molecule has 206 valence electrons. The van der Waals surface area contributed by atoms with Crippen LogP contribution in [-0.4, -0.2) is 78.7 Å². The van der Waals surface area contributed by atoms with Crippen molar-refractivity contribution < 1.29 is 24.4 Å². The van der Waals surface area contributed by atoms with Crippen LogP contribution in [-0.2, 0) is 27.2 Å². The van der Waals surface area contributed by atoms with E-state index in [9.17, 15) is 19.6 Å². The van der Waals surface area contributed by atoms with Gasteiger partial charge in [0.05, 0.1) is 25.3 Å². The minimum Gasteiger partial charge on any atom is -0.427 e. The number of likely N-dealkylation sites (tertiary alicyclic amines) is 1. The zero-order valence-electron chi connectivity index (χ0n) is 23.3. The number of ketones is 1. The molecule has 0 spiro atoms. The molecule has 0 unspecified atom stereocenters. The van der Waals surface area contributed by atoms with Gasteiger partial charge < -0.3 is 29.8 Å². The summed E-state index contributed by atoms with van der Waals surface area (Å²) in [5.41, 5.74) is 2.14. The number of carbonyl (C=O) groups excluding carboxylic acids is 2. The average molecular weight is 516 g/mol. The van der Waals surface area contributed by atoms with Gasteiger partial charge in [-0.15, -0.1) is 0 Å². The monoisotopic (exact) mass is 515 g/mol. The smallest absolute Gasteiger partial charge is 0.427 e. The first-order valence-corrected chi connectivity index (χ1v) is 13.5. The van der Waals surface area contributed by atoms with Gasteiger partial charge in [-0.2, -0.15) is 0 Å². The van der Waals surface area contributed by atoms with Crippen LogP contribution in [0.3, 0.4) is 0 Å². The van der Waals surface area contributed by atoms with Crippen LogP contribution in [0.15, 0.2) is 24.3 Å². The molecule has 2 rings (SSSR count). The average Bonchev–Trinajstić information content (AvgIpc) is 3.31. The second-order valence-electron chi connectivity index (χ2n) is 10.3. The lowest BCUT2D eigenvalue weighted by Gasteiger charge is -2.25. The first-order chi connectivity index (χ1) is 17.6. The summed E-state index contributed by atoms with van der Waals surface area (Å²) < 4.78 is 5.82. The third-order valence-corrected chi connectivity index (χ3v) is 6.13. The van der Waals surface area contributed by atoms with Crippen LogP contribution < -0.4 is 5.32 Å². The minimum absolute atomic E-state index is 0.0219. The number of likely N-dealkylation sites (N-methyl/N-ethyl adjacent to an activating group) is 1. The molecule has 3 N–H and O–H groups in total. The van der Waals surface area contributed by atoms with Crippen molar-refractivity contribution >= 4 is 18.8 Å². The Hall–Kier alpha value is -2.25. The number of carbonyl (C=O) groups is 2. The highest BCUT2D eigenvalue weighted by Crippen LogP contribution is 2.22. The maximum absolute atomic E-state index is 13.0. The summed E-state index contributed by atoms with van der Waals surface area (Å²) in [5, 5.41) is 22.9. The summed E-state index contributed by atoms with van der Waals surface area (Å²) in [6.45, 7) is 18.9. The molecule has 1 amide bonds. The number of ether oxygens (including phenoxy) is 1. The highest BCUT2D eigenvalue weighted by molar-refractivity contribution is 6.43. The molecular formula is C28H46BN3O5. The van der Waals surface area contributed by atoms with Gasteiger partial charge in [0.25, 0.3) is 6.54 Å². The Balaban J connectivity index is 0.00000159. The van der Waals surface area contributed by atoms with E-state index in [1.807, 2.05) is 31.2 Å². The Labute approximate surface area is 223 Å². The predicted octanol–water partition coefficient (Wildman–Crippen LogP) is 3.16. The number of amides is 1. The molecule has 1 fully saturated rings. The fourth-order valence-corrected chi connectivity index (χ4v) is 4.29. The molecule has 1 aromatic rings. The number of aryl methyl sites for hydroxylation is 1. The summed E-state index contributed by atoms with van der Waals surface area (Å²) in [6, 6.07) is 7.31. The van der Waals surface area contributed by atoms with Crippen LogP contribution >= 0.6 is 0 Å². The van der Waals surface area contributed by atoms with Crippen molar-refractivity contribution in [2.24, 2.45) is 5.92 Å². The molecule has 0 radical (unpaired) electrons. The van der Waals surface area contributed by atoms with E-state index in [0.717, 1.165) is 30.7 Å². The highest BCUT2D eigenvalue weighted by atomic mass is 16.5. The Bertz CT molecular complexity index is 856. The van der Waals surface area contributed by atoms with Crippen molar-refractivity contribution in [2.45, 2.75) is 84.6 Å². The van der Waals surface area contributed by atoms with Gasteiger partial charge in [-0.1, -0.05) is 58.9 Å². The zero-order chi connectivity index (χ0) is 27.8. The molecule has 0 aliphatic carbocycles. The van der Waals surface area contributed by atoms with E-state index in [4.69, 9.17) is 11.3 Å². The molecule has 1 aliphatic heterocycles. The van der Waals surface area contributed by atoms with Gasteiger partial charge in [-0.25, -0.2) is 6.57 Å². The first-order valence-electron chi connectivity index (χ1n) is 13.5. The van der Waals surface area contributed by atoms with Gasteiger partial charge >= 0.3 is 13.0 Å². The van der Waals surface area contributed by atoms with Crippen molar-refractivity contribution in [3.8, 4) is 0 Å². The lowest BCUT2D eigenvalue weighted by molar-refractivity contribution is -0.131. The Morgan fingerprint density at radius 1 is 1.24 bits per heavy atom. The topological polar surface area (TPSA) is 103 Å². The largest absolute Gasteiger partial charge is 0.455 e. The van der Waals surface area contributed by atoms with Crippen LogP contribution in [0.2, 0.25) is 5.82 Å². The van der Waals surface area contributed by atoms with E-state index in [-0.39, 0.29) is 37.3 Å². The maximum atomic E-state index is 13.0. The third-order valence-electron chi connectivity index (χ3n) is 6.13. The summed E-state index contributed by atoms with van der Waals surface area (Å²) in [6.07, 6.45) is 3.01. The highest BCUT2D eigenvalue weighted by Gasteiger charge is 2.32. The predicted molar refractivity (Wildman–Crippen MR) is 148 cm³/mol. The van der Waals surface area contributed by atoms with Crippen molar-refractivity contribution in [1.82, 2.24) is 10.2 Å². The minimum atomic E-state index is -1.59.